The van der Waals surface area contributed by atoms with Gasteiger partial charge < -0.3 is 14.8 Å². The molecule has 0 saturated carbocycles. The van der Waals surface area contributed by atoms with Crippen LogP contribution in [0.15, 0.2) is 30.3 Å². The van der Waals surface area contributed by atoms with Gasteiger partial charge in [0.2, 0.25) is 0 Å². The Morgan fingerprint density at radius 3 is 2.62 bits per heavy atom. The molecule has 1 aliphatic heterocycles. The minimum Gasteiger partial charge on any atom is -0.496 e. The molecular formula is C20H27ClN2O3. The van der Waals surface area contributed by atoms with Crippen LogP contribution in [0.1, 0.15) is 30.1 Å². The van der Waals surface area contributed by atoms with E-state index in [0.29, 0.717) is 29.6 Å². The van der Waals surface area contributed by atoms with E-state index in [2.05, 4.69) is 17.1 Å². The van der Waals surface area contributed by atoms with E-state index in [1.54, 1.807) is 20.3 Å². The number of amides is 1. The van der Waals surface area contributed by atoms with Crippen molar-refractivity contribution in [2.24, 2.45) is 0 Å². The Hall–Kier alpha value is -1.98. The van der Waals surface area contributed by atoms with Gasteiger partial charge in [-0.1, -0.05) is 31.2 Å². The summed E-state index contributed by atoms with van der Waals surface area (Å²) in [5.41, 5.74) is 0.513. The van der Waals surface area contributed by atoms with Crippen LogP contribution in [0.25, 0.3) is 10.8 Å². The number of carbonyl (C=O) groups excluding carboxylic acids is 1. The van der Waals surface area contributed by atoms with Crippen LogP contribution in [0, 0.1) is 0 Å². The highest BCUT2D eigenvalue weighted by Gasteiger charge is 2.24. The second kappa shape index (κ2) is 9.10. The zero-order valence-corrected chi connectivity index (χ0v) is 16.4. The minimum absolute atomic E-state index is 0. The number of fused-ring (bicyclic) bond motifs is 1. The molecule has 1 aliphatic rings. The lowest BCUT2D eigenvalue weighted by Gasteiger charge is -2.23. The summed E-state index contributed by atoms with van der Waals surface area (Å²) in [7, 11) is 3.22. The predicted octanol–water partition coefficient (Wildman–Crippen LogP) is 3.49. The monoisotopic (exact) mass is 378 g/mol. The van der Waals surface area contributed by atoms with Crippen LogP contribution in [-0.4, -0.2) is 50.7 Å². The third-order valence-corrected chi connectivity index (χ3v) is 5.03. The number of ether oxygens (including phenoxy) is 2. The first-order chi connectivity index (χ1) is 12.2. The molecule has 1 saturated heterocycles. The molecule has 6 heteroatoms. The van der Waals surface area contributed by atoms with Crippen LogP contribution >= 0.6 is 12.4 Å². The molecule has 3 rings (SSSR count). The maximum Gasteiger partial charge on any atom is 0.255 e. The topological polar surface area (TPSA) is 50.8 Å². The van der Waals surface area contributed by atoms with Crippen LogP contribution < -0.4 is 14.8 Å². The van der Waals surface area contributed by atoms with Crippen LogP contribution in [0.5, 0.6) is 11.5 Å². The van der Waals surface area contributed by atoms with Crippen molar-refractivity contribution in [1.29, 1.82) is 0 Å². The van der Waals surface area contributed by atoms with E-state index in [1.165, 1.54) is 6.42 Å². The SMILES string of the molecule is CCN1CCCC1CNC(=O)c1cc(OC)c2ccccc2c1OC.Cl. The first-order valence-corrected chi connectivity index (χ1v) is 8.85. The number of hydrogen-bond acceptors (Lipinski definition) is 4. The molecule has 1 fully saturated rings. The Kier molecular flexibility index (Phi) is 7.12. The molecule has 0 spiro atoms. The standard InChI is InChI=1S/C20H26N2O3.ClH/c1-4-22-11-7-8-14(22)13-21-20(23)17-12-18(24-2)15-9-5-6-10-16(15)19(17)25-3;/h5-6,9-10,12,14H,4,7-8,11,13H2,1-3H3,(H,21,23);1H. The van der Waals surface area contributed by atoms with Crippen LogP contribution in [0.2, 0.25) is 0 Å². The predicted molar refractivity (Wildman–Crippen MR) is 107 cm³/mol. The van der Waals surface area contributed by atoms with Crippen LogP contribution in [0.4, 0.5) is 0 Å². The van der Waals surface area contributed by atoms with Gasteiger partial charge in [0.15, 0.2) is 0 Å². The van der Waals surface area contributed by atoms with Gasteiger partial charge in [-0.25, -0.2) is 0 Å². The number of carbonyl (C=O) groups is 1. The normalized spacial score (nSPS) is 17.0. The highest BCUT2D eigenvalue weighted by atomic mass is 35.5. The maximum atomic E-state index is 12.8. The molecule has 1 heterocycles. The number of methoxy groups -OCH3 is 2. The van der Waals surface area contributed by atoms with Gasteiger partial charge in [0.25, 0.3) is 5.91 Å². The summed E-state index contributed by atoms with van der Waals surface area (Å²) in [4.78, 5) is 15.2. The average molecular weight is 379 g/mol. The molecule has 0 radical (unpaired) electrons. The van der Waals surface area contributed by atoms with Crippen molar-refractivity contribution in [2.45, 2.75) is 25.8 Å². The van der Waals surface area contributed by atoms with Crippen molar-refractivity contribution in [3.05, 3.63) is 35.9 Å². The van der Waals surface area contributed by atoms with Gasteiger partial charge in [-0.05, 0) is 32.0 Å². The van der Waals surface area contributed by atoms with Crippen molar-refractivity contribution in [3.8, 4) is 11.5 Å². The van der Waals surface area contributed by atoms with Gasteiger partial charge >= 0.3 is 0 Å². The molecule has 5 nitrogen and oxygen atoms in total. The molecule has 0 bridgehead atoms. The van der Waals surface area contributed by atoms with Crippen molar-refractivity contribution in [2.75, 3.05) is 33.9 Å². The maximum absolute atomic E-state index is 12.8. The Morgan fingerprint density at radius 2 is 1.96 bits per heavy atom. The van der Waals surface area contributed by atoms with E-state index < -0.39 is 0 Å². The zero-order chi connectivity index (χ0) is 17.8. The van der Waals surface area contributed by atoms with Crippen LogP contribution in [-0.2, 0) is 0 Å². The number of likely N-dealkylation sites (tertiary alicyclic amines) is 1. The van der Waals surface area contributed by atoms with E-state index in [-0.39, 0.29) is 18.3 Å². The number of benzene rings is 2. The summed E-state index contributed by atoms with van der Waals surface area (Å²) < 4.78 is 11.1. The molecule has 1 N–H and O–H groups in total. The zero-order valence-electron chi connectivity index (χ0n) is 15.6. The molecule has 2 aromatic carbocycles. The number of nitrogens with one attached hydrogen (secondary N) is 1. The lowest BCUT2D eigenvalue weighted by Crippen LogP contribution is -2.40. The fourth-order valence-electron chi connectivity index (χ4n) is 3.72. The lowest BCUT2D eigenvalue weighted by atomic mass is 10.0. The van der Waals surface area contributed by atoms with Gasteiger partial charge in [-0.15, -0.1) is 12.4 Å². The van der Waals surface area contributed by atoms with Crippen molar-refractivity contribution >= 4 is 29.1 Å². The summed E-state index contributed by atoms with van der Waals surface area (Å²) in [5, 5.41) is 4.90. The smallest absolute Gasteiger partial charge is 0.255 e. The van der Waals surface area contributed by atoms with Gasteiger partial charge in [0.05, 0.1) is 19.8 Å². The molecule has 26 heavy (non-hydrogen) atoms. The van der Waals surface area contributed by atoms with Gasteiger partial charge in [-0.3, -0.25) is 9.69 Å². The number of halogens is 1. The Labute approximate surface area is 161 Å². The summed E-state index contributed by atoms with van der Waals surface area (Å²) >= 11 is 0. The Balaban J connectivity index is 0.00000243. The molecule has 0 aliphatic carbocycles. The van der Waals surface area contributed by atoms with Crippen LogP contribution in [0.3, 0.4) is 0 Å². The van der Waals surface area contributed by atoms with Crippen molar-refractivity contribution in [3.63, 3.8) is 0 Å². The van der Waals surface area contributed by atoms with E-state index in [0.717, 1.165) is 30.3 Å². The van der Waals surface area contributed by atoms with E-state index >= 15 is 0 Å². The summed E-state index contributed by atoms with van der Waals surface area (Å²) in [6, 6.07) is 9.98. The van der Waals surface area contributed by atoms with E-state index in [9.17, 15) is 4.79 Å². The van der Waals surface area contributed by atoms with Gasteiger partial charge in [-0.2, -0.15) is 0 Å². The molecule has 142 valence electrons. The number of likely N-dealkylation sites (N-methyl/N-ethyl adjacent to an activating group) is 1. The lowest BCUT2D eigenvalue weighted by molar-refractivity contribution is 0.0938. The fraction of sp³-hybridized carbons (Fsp3) is 0.450. The highest BCUT2D eigenvalue weighted by Crippen LogP contribution is 2.36. The second-order valence-corrected chi connectivity index (χ2v) is 6.34. The molecule has 1 atom stereocenters. The third-order valence-electron chi connectivity index (χ3n) is 5.03. The number of rotatable bonds is 6. The summed E-state index contributed by atoms with van der Waals surface area (Å²) in [6.45, 7) is 4.96. The Morgan fingerprint density at radius 1 is 1.23 bits per heavy atom. The number of hydrogen-bond donors (Lipinski definition) is 1. The van der Waals surface area contributed by atoms with Gasteiger partial charge in [0, 0.05) is 23.4 Å². The van der Waals surface area contributed by atoms with E-state index in [1.807, 2.05) is 24.3 Å². The number of nitrogens with zero attached hydrogens (tertiary/aromatic N) is 1. The molecule has 2 aromatic rings. The minimum atomic E-state index is -0.121. The van der Waals surface area contributed by atoms with Crippen molar-refractivity contribution < 1.29 is 14.3 Å². The fourth-order valence-corrected chi connectivity index (χ4v) is 3.72. The quantitative estimate of drug-likeness (QED) is 0.835. The largest absolute Gasteiger partial charge is 0.496 e. The molecule has 1 amide bonds. The first kappa shape index (κ1) is 20.3. The Bertz CT molecular complexity index is 766. The second-order valence-electron chi connectivity index (χ2n) is 6.34. The van der Waals surface area contributed by atoms with E-state index in [4.69, 9.17) is 9.47 Å². The summed E-state index contributed by atoms with van der Waals surface area (Å²) in [6.07, 6.45) is 2.33. The van der Waals surface area contributed by atoms with Crippen molar-refractivity contribution in [1.82, 2.24) is 10.2 Å². The van der Waals surface area contributed by atoms with Gasteiger partial charge in [0.1, 0.15) is 11.5 Å². The molecule has 1 unspecified atom stereocenters. The molecule has 0 aromatic heterocycles. The first-order valence-electron chi connectivity index (χ1n) is 8.85. The highest BCUT2D eigenvalue weighted by molar-refractivity contribution is 6.06. The molecular weight excluding hydrogens is 352 g/mol. The average Bonchev–Trinajstić information content (AvgIpc) is 3.12. The third kappa shape index (κ3) is 3.89. The summed E-state index contributed by atoms with van der Waals surface area (Å²) in [5.74, 6) is 1.15.